The van der Waals surface area contributed by atoms with Crippen LogP contribution in [-0.2, 0) is 13.0 Å². The minimum Gasteiger partial charge on any atom is -0.345 e. The van der Waals surface area contributed by atoms with Gasteiger partial charge in [-0.2, -0.15) is 0 Å². The molecule has 0 aromatic carbocycles. The van der Waals surface area contributed by atoms with Crippen LogP contribution in [0.4, 0.5) is 0 Å². The summed E-state index contributed by atoms with van der Waals surface area (Å²) in [6.07, 6.45) is 14.6. The lowest BCUT2D eigenvalue weighted by Crippen LogP contribution is -2.39. The SMILES string of the molecule is CN1CCC(C2CCN(Cc3cnc(CC4CCCC4)[nH]3)CC2)CC1. The Kier molecular flexibility index (Phi) is 5.76. The van der Waals surface area contributed by atoms with Crippen molar-refractivity contribution in [3.05, 3.63) is 17.7 Å². The molecule has 0 spiro atoms. The van der Waals surface area contributed by atoms with E-state index in [1.807, 2.05) is 0 Å². The topological polar surface area (TPSA) is 35.2 Å². The van der Waals surface area contributed by atoms with Gasteiger partial charge in [-0.1, -0.05) is 25.7 Å². The normalized spacial score (nSPS) is 25.8. The fourth-order valence-electron chi connectivity index (χ4n) is 5.40. The van der Waals surface area contributed by atoms with E-state index in [1.54, 1.807) is 0 Å². The molecular formula is C21H36N4. The fourth-order valence-corrected chi connectivity index (χ4v) is 5.40. The predicted molar refractivity (Wildman–Crippen MR) is 102 cm³/mol. The van der Waals surface area contributed by atoms with Crippen molar-refractivity contribution in [2.45, 2.75) is 64.3 Å². The van der Waals surface area contributed by atoms with E-state index in [9.17, 15) is 0 Å². The van der Waals surface area contributed by atoms with Crippen molar-refractivity contribution in [2.75, 3.05) is 33.2 Å². The Bertz CT molecular complexity index is 518. The summed E-state index contributed by atoms with van der Waals surface area (Å²) in [6.45, 7) is 6.23. The van der Waals surface area contributed by atoms with Crippen LogP contribution in [0.25, 0.3) is 0 Å². The number of hydrogen-bond donors (Lipinski definition) is 1. The van der Waals surface area contributed by atoms with E-state index >= 15 is 0 Å². The third kappa shape index (κ3) is 4.65. The van der Waals surface area contributed by atoms with Crippen LogP contribution in [0.1, 0.15) is 62.9 Å². The predicted octanol–water partition coefficient (Wildman–Crippen LogP) is 3.70. The molecule has 4 rings (SSSR count). The molecular weight excluding hydrogens is 308 g/mol. The van der Waals surface area contributed by atoms with E-state index in [0.717, 1.165) is 30.7 Å². The minimum absolute atomic E-state index is 0.879. The van der Waals surface area contributed by atoms with Crippen LogP contribution in [-0.4, -0.2) is 53.0 Å². The van der Waals surface area contributed by atoms with Gasteiger partial charge < -0.3 is 9.88 Å². The zero-order chi connectivity index (χ0) is 17.1. The molecule has 3 heterocycles. The van der Waals surface area contributed by atoms with Gasteiger partial charge in [0.2, 0.25) is 0 Å². The maximum absolute atomic E-state index is 4.65. The number of aromatic nitrogens is 2. The fraction of sp³-hybridized carbons (Fsp3) is 0.857. The first-order valence-corrected chi connectivity index (χ1v) is 10.7. The molecule has 3 aliphatic rings. The van der Waals surface area contributed by atoms with Gasteiger partial charge in [0.05, 0.1) is 0 Å². The molecule has 4 nitrogen and oxygen atoms in total. The van der Waals surface area contributed by atoms with Crippen molar-refractivity contribution < 1.29 is 0 Å². The van der Waals surface area contributed by atoms with Gasteiger partial charge in [-0.25, -0.2) is 4.98 Å². The summed E-state index contributed by atoms with van der Waals surface area (Å²) in [7, 11) is 2.27. The average molecular weight is 345 g/mol. The summed E-state index contributed by atoms with van der Waals surface area (Å²) in [4.78, 5) is 13.4. The van der Waals surface area contributed by atoms with Gasteiger partial charge >= 0.3 is 0 Å². The number of likely N-dealkylation sites (tertiary alicyclic amines) is 2. The van der Waals surface area contributed by atoms with E-state index in [-0.39, 0.29) is 0 Å². The standard InChI is InChI=1S/C21H36N4/c1-24-10-6-18(7-11-24)19-8-12-25(13-9-19)16-20-15-22-21(23-20)14-17-4-2-3-5-17/h15,17-19H,2-14,16H2,1H3,(H,22,23). The number of aromatic amines is 1. The van der Waals surface area contributed by atoms with Crippen molar-refractivity contribution in [2.24, 2.45) is 17.8 Å². The second-order valence-electron chi connectivity index (χ2n) is 8.96. The zero-order valence-corrected chi connectivity index (χ0v) is 16.1. The Hall–Kier alpha value is -0.870. The average Bonchev–Trinajstić information content (AvgIpc) is 3.29. The molecule has 25 heavy (non-hydrogen) atoms. The van der Waals surface area contributed by atoms with Gasteiger partial charge in [0.15, 0.2) is 0 Å². The third-order valence-corrected chi connectivity index (χ3v) is 7.09. The van der Waals surface area contributed by atoms with Crippen LogP contribution in [0.3, 0.4) is 0 Å². The molecule has 0 unspecified atom stereocenters. The van der Waals surface area contributed by atoms with Gasteiger partial charge in [-0.3, -0.25) is 4.90 Å². The number of rotatable bonds is 5. The molecule has 0 bridgehead atoms. The first-order valence-electron chi connectivity index (χ1n) is 10.7. The lowest BCUT2D eigenvalue weighted by atomic mass is 9.79. The summed E-state index contributed by atoms with van der Waals surface area (Å²) in [6, 6.07) is 0. The monoisotopic (exact) mass is 344 g/mol. The van der Waals surface area contributed by atoms with Gasteiger partial charge in [0.1, 0.15) is 5.82 Å². The minimum atomic E-state index is 0.879. The number of imidazole rings is 1. The Morgan fingerprint density at radius 3 is 2.28 bits per heavy atom. The number of nitrogens with zero attached hydrogens (tertiary/aromatic N) is 3. The summed E-state index contributed by atoms with van der Waals surface area (Å²) >= 11 is 0. The van der Waals surface area contributed by atoms with Crippen molar-refractivity contribution in [3.63, 3.8) is 0 Å². The van der Waals surface area contributed by atoms with Crippen LogP contribution in [0.5, 0.6) is 0 Å². The molecule has 0 atom stereocenters. The van der Waals surface area contributed by atoms with Crippen molar-refractivity contribution >= 4 is 0 Å². The molecule has 0 amide bonds. The lowest BCUT2D eigenvalue weighted by Gasteiger charge is -2.39. The van der Waals surface area contributed by atoms with E-state index in [2.05, 4.69) is 33.0 Å². The molecule has 4 heteroatoms. The van der Waals surface area contributed by atoms with E-state index in [1.165, 1.54) is 89.1 Å². The Morgan fingerprint density at radius 1 is 0.960 bits per heavy atom. The molecule has 1 aliphatic carbocycles. The number of hydrogen-bond acceptors (Lipinski definition) is 3. The largest absolute Gasteiger partial charge is 0.345 e. The smallest absolute Gasteiger partial charge is 0.106 e. The zero-order valence-electron chi connectivity index (χ0n) is 16.1. The Morgan fingerprint density at radius 2 is 1.60 bits per heavy atom. The van der Waals surface area contributed by atoms with Crippen molar-refractivity contribution in [1.82, 2.24) is 19.8 Å². The highest BCUT2D eigenvalue weighted by atomic mass is 15.1. The molecule has 0 radical (unpaired) electrons. The maximum atomic E-state index is 4.65. The summed E-state index contributed by atoms with van der Waals surface area (Å²) in [5.41, 5.74) is 1.32. The number of H-pyrrole nitrogens is 1. The molecule has 140 valence electrons. The summed E-state index contributed by atoms with van der Waals surface area (Å²) < 4.78 is 0. The molecule has 1 N–H and O–H groups in total. The number of piperidine rings is 2. The molecule has 2 saturated heterocycles. The van der Waals surface area contributed by atoms with E-state index < -0.39 is 0 Å². The van der Waals surface area contributed by atoms with Crippen molar-refractivity contribution in [1.29, 1.82) is 0 Å². The van der Waals surface area contributed by atoms with E-state index in [0.29, 0.717) is 0 Å². The molecule has 1 aromatic rings. The van der Waals surface area contributed by atoms with Crippen LogP contribution >= 0.6 is 0 Å². The maximum Gasteiger partial charge on any atom is 0.106 e. The van der Waals surface area contributed by atoms with Crippen LogP contribution in [0, 0.1) is 17.8 Å². The Labute approximate surface area is 153 Å². The molecule has 1 saturated carbocycles. The van der Waals surface area contributed by atoms with Gasteiger partial charge in [-0.05, 0) is 76.7 Å². The second-order valence-corrected chi connectivity index (χ2v) is 8.96. The Balaban J connectivity index is 1.21. The summed E-state index contributed by atoms with van der Waals surface area (Å²) in [5.74, 6) is 4.07. The van der Waals surface area contributed by atoms with Gasteiger partial charge in [0, 0.05) is 24.9 Å². The lowest BCUT2D eigenvalue weighted by molar-refractivity contribution is 0.102. The quantitative estimate of drug-likeness (QED) is 0.885. The second kappa shape index (κ2) is 8.22. The summed E-state index contributed by atoms with van der Waals surface area (Å²) in [5, 5.41) is 0. The van der Waals surface area contributed by atoms with Crippen molar-refractivity contribution in [3.8, 4) is 0 Å². The first kappa shape index (κ1) is 17.5. The van der Waals surface area contributed by atoms with Crippen LogP contribution in [0.15, 0.2) is 6.20 Å². The first-order chi connectivity index (χ1) is 12.3. The highest BCUT2D eigenvalue weighted by Crippen LogP contribution is 2.32. The molecule has 3 fully saturated rings. The number of nitrogens with one attached hydrogen (secondary N) is 1. The third-order valence-electron chi connectivity index (χ3n) is 7.09. The highest BCUT2D eigenvalue weighted by Gasteiger charge is 2.28. The van der Waals surface area contributed by atoms with E-state index in [4.69, 9.17) is 0 Å². The van der Waals surface area contributed by atoms with Gasteiger partial charge in [-0.15, -0.1) is 0 Å². The molecule has 1 aromatic heterocycles. The molecule has 2 aliphatic heterocycles. The van der Waals surface area contributed by atoms with Crippen LogP contribution < -0.4 is 0 Å². The van der Waals surface area contributed by atoms with Crippen LogP contribution in [0.2, 0.25) is 0 Å². The van der Waals surface area contributed by atoms with Gasteiger partial charge in [0.25, 0.3) is 0 Å². The highest BCUT2D eigenvalue weighted by molar-refractivity contribution is 5.02.